The molecule has 0 aliphatic carbocycles. The van der Waals surface area contributed by atoms with Crippen LogP contribution in [0.1, 0.15) is 21.6 Å². The number of nitrogens with zero attached hydrogens (tertiary/aromatic N) is 4. The van der Waals surface area contributed by atoms with Crippen molar-refractivity contribution in [3.8, 4) is 0 Å². The molecule has 26 heavy (non-hydrogen) atoms. The standard InChI is InChI=1S/C17H18N6O2S/c1-11-5-3-4-6-12(11)10-23-8-7-14(21-23)20-17(26)19-13-9-18-22(2)15(13)16(24)25/h3-9H,10H2,1-2H3,(H,24,25)(H2,19,20,21,26). The minimum atomic E-state index is -1.09. The molecular weight excluding hydrogens is 352 g/mol. The molecule has 0 atom stereocenters. The molecule has 9 heteroatoms. The Morgan fingerprint density at radius 3 is 2.77 bits per heavy atom. The molecule has 0 fully saturated rings. The molecule has 2 heterocycles. The van der Waals surface area contributed by atoms with Gasteiger partial charge in [0.25, 0.3) is 0 Å². The molecule has 0 radical (unpaired) electrons. The van der Waals surface area contributed by atoms with Crippen molar-refractivity contribution in [3.05, 3.63) is 59.5 Å². The van der Waals surface area contributed by atoms with Crippen molar-refractivity contribution in [3.63, 3.8) is 0 Å². The highest BCUT2D eigenvalue weighted by Crippen LogP contribution is 2.15. The third kappa shape index (κ3) is 3.89. The summed E-state index contributed by atoms with van der Waals surface area (Å²) in [6.07, 6.45) is 3.26. The second-order valence-corrected chi connectivity index (χ2v) is 6.15. The summed E-state index contributed by atoms with van der Waals surface area (Å²) in [7, 11) is 1.55. The van der Waals surface area contributed by atoms with Gasteiger partial charge in [0.15, 0.2) is 16.6 Å². The van der Waals surface area contributed by atoms with E-state index in [-0.39, 0.29) is 10.8 Å². The van der Waals surface area contributed by atoms with E-state index in [4.69, 9.17) is 12.2 Å². The number of nitrogens with one attached hydrogen (secondary N) is 2. The van der Waals surface area contributed by atoms with Crippen LogP contribution in [0.2, 0.25) is 0 Å². The van der Waals surface area contributed by atoms with E-state index in [0.717, 1.165) is 0 Å². The van der Waals surface area contributed by atoms with Crippen molar-refractivity contribution in [2.75, 3.05) is 10.6 Å². The van der Waals surface area contributed by atoms with Gasteiger partial charge >= 0.3 is 5.97 Å². The first-order valence-corrected chi connectivity index (χ1v) is 8.26. The Labute approximate surface area is 155 Å². The number of anilines is 2. The lowest BCUT2D eigenvalue weighted by atomic mass is 10.1. The van der Waals surface area contributed by atoms with Gasteiger partial charge in [0.2, 0.25) is 0 Å². The number of carbonyl (C=O) groups is 1. The van der Waals surface area contributed by atoms with Gasteiger partial charge in [0.1, 0.15) is 0 Å². The monoisotopic (exact) mass is 370 g/mol. The van der Waals surface area contributed by atoms with Gasteiger partial charge in [-0.15, -0.1) is 0 Å². The zero-order valence-electron chi connectivity index (χ0n) is 14.3. The first-order chi connectivity index (χ1) is 12.4. The predicted molar refractivity (Wildman–Crippen MR) is 103 cm³/mol. The molecule has 0 amide bonds. The van der Waals surface area contributed by atoms with Crippen LogP contribution in [0, 0.1) is 6.92 Å². The molecule has 3 rings (SSSR count). The van der Waals surface area contributed by atoms with Gasteiger partial charge in [-0.25, -0.2) is 4.79 Å². The van der Waals surface area contributed by atoms with Crippen LogP contribution in [-0.2, 0) is 13.6 Å². The first kappa shape index (κ1) is 17.6. The molecule has 0 bridgehead atoms. The fourth-order valence-electron chi connectivity index (χ4n) is 2.53. The average Bonchev–Trinajstić information content (AvgIpc) is 3.16. The van der Waals surface area contributed by atoms with Crippen LogP contribution in [0.3, 0.4) is 0 Å². The normalized spacial score (nSPS) is 10.5. The maximum Gasteiger partial charge on any atom is 0.356 e. The molecular formula is C17H18N6O2S. The minimum absolute atomic E-state index is 0.0271. The highest BCUT2D eigenvalue weighted by atomic mass is 32.1. The lowest BCUT2D eigenvalue weighted by Crippen LogP contribution is -2.21. The van der Waals surface area contributed by atoms with E-state index in [2.05, 4.69) is 39.9 Å². The largest absolute Gasteiger partial charge is 0.476 e. The average molecular weight is 370 g/mol. The van der Waals surface area contributed by atoms with E-state index in [9.17, 15) is 9.90 Å². The summed E-state index contributed by atoms with van der Waals surface area (Å²) in [5.74, 6) is -0.519. The quantitative estimate of drug-likeness (QED) is 0.594. The SMILES string of the molecule is Cc1ccccc1Cn1ccc(NC(=S)Nc2cnn(C)c2C(=O)O)n1. The summed E-state index contributed by atoms with van der Waals surface area (Å²) in [4.78, 5) is 11.3. The summed E-state index contributed by atoms with van der Waals surface area (Å²) >= 11 is 5.23. The van der Waals surface area contributed by atoms with Crippen molar-refractivity contribution in [1.29, 1.82) is 0 Å². The molecule has 2 aromatic heterocycles. The number of carboxylic acids is 1. The Bertz CT molecular complexity index is 962. The smallest absolute Gasteiger partial charge is 0.356 e. The Morgan fingerprint density at radius 1 is 1.27 bits per heavy atom. The van der Waals surface area contributed by atoms with Crippen LogP contribution >= 0.6 is 12.2 Å². The number of aromatic carboxylic acids is 1. The van der Waals surface area contributed by atoms with Crippen LogP contribution in [-0.4, -0.2) is 35.7 Å². The third-order valence-electron chi connectivity index (χ3n) is 3.87. The van der Waals surface area contributed by atoms with Gasteiger partial charge in [-0.2, -0.15) is 10.2 Å². The van der Waals surface area contributed by atoms with Gasteiger partial charge in [-0.05, 0) is 30.3 Å². The molecule has 8 nitrogen and oxygen atoms in total. The second kappa shape index (κ2) is 7.36. The number of hydrogen-bond donors (Lipinski definition) is 3. The summed E-state index contributed by atoms with van der Waals surface area (Å²) < 4.78 is 3.07. The molecule has 0 spiro atoms. The van der Waals surface area contributed by atoms with Crippen LogP contribution in [0.4, 0.5) is 11.5 Å². The molecule has 0 saturated heterocycles. The number of benzene rings is 1. The van der Waals surface area contributed by atoms with Crippen molar-refractivity contribution in [2.24, 2.45) is 7.05 Å². The highest BCUT2D eigenvalue weighted by Gasteiger charge is 2.16. The maximum absolute atomic E-state index is 11.3. The molecule has 3 aromatic rings. The number of hydrogen-bond acceptors (Lipinski definition) is 4. The first-order valence-electron chi connectivity index (χ1n) is 7.85. The fourth-order valence-corrected chi connectivity index (χ4v) is 2.75. The predicted octanol–water partition coefficient (Wildman–Crippen LogP) is 2.48. The van der Waals surface area contributed by atoms with E-state index < -0.39 is 5.97 Å². The Hall–Kier alpha value is -3.20. The van der Waals surface area contributed by atoms with E-state index in [1.54, 1.807) is 17.8 Å². The molecule has 0 saturated carbocycles. The zero-order chi connectivity index (χ0) is 18.7. The van der Waals surface area contributed by atoms with Crippen molar-refractivity contribution in [1.82, 2.24) is 19.6 Å². The van der Waals surface area contributed by atoms with Crippen LogP contribution in [0.15, 0.2) is 42.7 Å². The Morgan fingerprint density at radius 2 is 2.04 bits per heavy atom. The number of thiocarbonyl (C=S) groups is 1. The van der Waals surface area contributed by atoms with Gasteiger partial charge in [-0.1, -0.05) is 24.3 Å². The molecule has 0 aliphatic heterocycles. The number of carboxylic acid groups (broad SMARTS) is 1. The lowest BCUT2D eigenvalue weighted by molar-refractivity contribution is 0.0686. The zero-order valence-corrected chi connectivity index (χ0v) is 15.1. The maximum atomic E-state index is 11.3. The summed E-state index contributed by atoms with van der Waals surface area (Å²) in [5.41, 5.74) is 2.73. The van der Waals surface area contributed by atoms with Crippen molar-refractivity contribution >= 4 is 34.8 Å². The van der Waals surface area contributed by atoms with Gasteiger partial charge < -0.3 is 15.7 Å². The van der Waals surface area contributed by atoms with Crippen molar-refractivity contribution in [2.45, 2.75) is 13.5 Å². The van der Waals surface area contributed by atoms with Crippen LogP contribution < -0.4 is 10.6 Å². The minimum Gasteiger partial charge on any atom is -0.476 e. The molecule has 0 unspecified atom stereocenters. The summed E-state index contributed by atoms with van der Waals surface area (Å²) in [6, 6.07) is 9.92. The summed E-state index contributed by atoms with van der Waals surface area (Å²) in [6.45, 7) is 2.71. The number of aromatic nitrogens is 4. The van der Waals surface area contributed by atoms with E-state index >= 15 is 0 Å². The van der Waals surface area contributed by atoms with E-state index in [0.29, 0.717) is 18.1 Å². The van der Waals surface area contributed by atoms with Crippen LogP contribution in [0.5, 0.6) is 0 Å². The van der Waals surface area contributed by atoms with Crippen LogP contribution in [0.25, 0.3) is 0 Å². The second-order valence-electron chi connectivity index (χ2n) is 5.74. The fraction of sp³-hybridized carbons (Fsp3) is 0.176. The molecule has 134 valence electrons. The number of aryl methyl sites for hydroxylation is 2. The third-order valence-corrected chi connectivity index (χ3v) is 4.07. The Balaban J connectivity index is 1.65. The van der Waals surface area contributed by atoms with E-state index in [1.807, 2.05) is 18.3 Å². The summed E-state index contributed by atoms with van der Waals surface area (Å²) in [5, 5.41) is 23.6. The lowest BCUT2D eigenvalue weighted by Gasteiger charge is -2.08. The van der Waals surface area contributed by atoms with Gasteiger partial charge in [0.05, 0.1) is 18.4 Å². The molecule has 1 aromatic carbocycles. The molecule has 3 N–H and O–H groups in total. The van der Waals surface area contributed by atoms with Gasteiger partial charge in [-0.3, -0.25) is 9.36 Å². The topological polar surface area (TPSA) is 97.0 Å². The molecule has 0 aliphatic rings. The van der Waals surface area contributed by atoms with Crippen molar-refractivity contribution < 1.29 is 9.90 Å². The Kier molecular flexibility index (Phi) is 4.99. The highest BCUT2D eigenvalue weighted by molar-refractivity contribution is 7.80. The van der Waals surface area contributed by atoms with Gasteiger partial charge in [0, 0.05) is 19.3 Å². The number of rotatable bonds is 5. The van der Waals surface area contributed by atoms with E-state index in [1.165, 1.54) is 22.0 Å².